The second-order valence-electron chi connectivity index (χ2n) is 5.55. The summed E-state index contributed by atoms with van der Waals surface area (Å²) in [5.41, 5.74) is 0.342. The van der Waals surface area contributed by atoms with Crippen molar-refractivity contribution in [3.8, 4) is 0 Å². The molecule has 118 valence electrons. The van der Waals surface area contributed by atoms with Crippen molar-refractivity contribution in [3.63, 3.8) is 0 Å². The van der Waals surface area contributed by atoms with Crippen molar-refractivity contribution < 1.29 is 13.2 Å². The summed E-state index contributed by atoms with van der Waals surface area (Å²) in [6.45, 7) is 5.32. The molecule has 1 aliphatic rings. The molecule has 1 aromatic carbocycles. The maximum Gasteiger partial charge on any atom is 0.416 e. The number of halogens is 4. The molecule has 0 amide bonds. The number of nitrogens with zero attached hydrogens (tertiary/aromatic N) is 2. The van der Waals surface area contributed by atoms with Gasteiger partial charge in [0.2, 0.25) is 0 Å². The van der Waals surface area contributed by atoms with E-state index < -0.39 is 11.7 Å². The Morgan fingerprint density at radius 2 is 1.81 bits per heavy atom. The van der Waals surface area contributed by atoms with Gasteiger partial charge in [0, 0.05) is 30.7 Å². The third-order valence-corrected chi connectivity index (χ3v) is 4.63. The molecule has 0 aromatic heterocycles. The van der Waals surface area contributed by atoms with Crippen molar-refractivity contribution in [2.45, 2.75) is 19.0 Å². The molecule has 2 rings (SSSR count). The van der Waals surface area contributed by atoms with Crippen LogP contribution in [0.3, 0.4) is 0 Å². The van der Waals surface area contributed by atoms with E-state index in [0.29, 0.717) is 4.47 Å². The molecule has 0 bridgehead atoms. The highest BCUT2D eigenvalue weighted by Crippen LogP contribution is 2.32. The number of aryl methyl sites for hydroxylation is 1. The molecule has 1 fully saturated rings. The fourth-order valence-corrected chi connectivity index (χ4v) is 3.07. The maximum atomic E-state index is 12.6. The average Bonchev–Trinajstić information content (AvgIpc) is 2.41. The Bertz CT molecular complexity index is 468. The van der Waals surface area contributed by atoms with Gasteiger partial charge < -0.3 is 9.80 Å². The van der Waals surface area contributed by atoms with E-state index in [2.05, 4.69) is 32.8 Å². The summed E-state index contributed by atoms with van der Waals surface area (Å²) in [7, 11) is 2.12. The van der Waals surface area contributed by atoms with Crippen LogP contribution in [0.5, 0.6) is 0 Å². The lowest BCUT2D eigenvalue weighted by atomic mass is 10.1. The van der Waals surface area contributed by atoms with Crippen molar-refractivity contribution in [2.24, 2.45) is 0 Å². The van der Waals surface area contributed by atoms with Crippen molar-refractivity contribution in [2.75, 3.05) is 39.8 Å². The summed E-state index contributed by atoms with van der Waals surface area (Å²) in [6.07, 6.45) is -2.51. The Balaban J connectivity index is 1.83. The summed E-state index contributed by atoms with van der Waals surface area (Å²) >= 11 is 3.25. The number of hydrogen-bond donors (Lipinski definition) is 0. The average molecular weight is 365 g/mol. The molecule has 1 aromatic rings. The molecule has 6 heteroatoms. The molecule has 1 saturated heterocycles. The van der Waals surface area contributed by atoms with E-state index in [1.165, 1.54) is 6.07 Å². The normalized spacial score (nSPS) is 18.1. The Hall–Kier alpha value is -0.590. The fourth-order valence-electron chi connectivity index (χ4n) is 2.49. The number of likely N-dealkylation sites (N-methyl/N-ethyl adjacent to an activating group) is 1. The highest BCUT2D eigenvalue weighted by atomic mass is 79.9. The van der Waals surface area contributed by atoms with Gasteiger partial charge in [-0.2, -0.15) is 13.2 Å². The van der Waals surface area contributed by atoms with Crippen LogP contribution in [0, 0.1) is 0 Å². The van der Waals surface area contributed by atoms with Crippen LogP contribution in [-0.2, 0) is 12.6 Å². The zero-order chi connectivity index (χ0) is 15.5. The molecular formula is C15H20BrF3N2. The molecule has 21 heavy (non-hydrogen) atoms. The molecular weight excluding hydrogens is 345 g/mol. The fraction of sp³-hybridized carbons (Fsp3) is 0.600. The first kappa shape index (κ1) is 16.8. The van der Waals surface area contributed by atoms with E-state index in [1.54, 1.807) is 6.07 Å². The van der Waals surface area contributed by atoms with Gasteiger partial charge >= 0.3 is 6.18 Å². The van der Waals surface area contributed by atoms with Crippen LogP contribution in [0.4, 0.5) is 13.2 Å². The van der Waals surface area contributed by atoms with E-state index in [9.17, 15) is 13.2 Å². The van der Waals surface area contributed by atoms with E-state index in [4.69, 9.17) is 0 Å². The molecule has 2 nitrogen and oxygen atoms in total. The molecule has 0 saturated carbocycles. The number of hydrogen-bond acceptors (Lipinski definition) is 2. The molecule has 1 aliphatic heterocycles. The summed E-state index contributed by atoms with van der Waals surface area (Å²) in [5.74, 6) is 0. The smallest absolute Gasteiger partial charge is 0.304 e. The largest absolute Gasteiger partial charge is 0.416 e. The van der Waals surface area contributed by atoms with Gasteiger partial charge in [0.25, 0.3) is 0 Å². The molecule has 1 heterocycles. The first-order valence-corrected chi connectivity index (χ1v) is 7.92. The molecule has 0 unspecified atom stereocenters. The summed E-state index contributed by atoms with van der Waals surface area (Å²) < 4.78 is 38.3. The lowest BCUT2D eigenvalue weighted by molar-refractivity contribution is -0.137. The summed E-state index contributed by atoms with van der Waals surface area (Å²) in [4.78, 5) is 4.72. The minimum atomic E-state index is -4.28. The van der Waals surface area contributed by atoms with Crippen LogP contribution in [0.25, 0.3) is 0 Å². The minimum absolute atomic E-state index is 0.552. The van der Waals surface area contributed by atoms with Crippen LogP contribution >= 0.6 is 15.9 Å². The van der Waals surface area contributed by atoms with Gasteiger partial charge in [-0.25, -0.2) is 0 Å². The first-order chi connectivity index (χ1) is 9.86. The highest BCUT2D eigenvalue weighted by molar-refractivity contribution is 9.10. The van der Waals surface area contributed by atoms with Crippen molar-refractivity contribution in [1.29, 1.82) is 0 Å². The molecule has 0 aliphatic carbocycles. The van der Waals surface area contributed by atoms with Crippen LogP contribution in [-0.4, -0.2) is 49.6 Å². The highest BCUT2D eigenvalue weighted by Gasteiger charge is 2.30. The van der Waals surface area contributed by atoms with Gasteiger partial charge in [-0.1, -0.05) is 22.0 Å². The zero-order valence-electron chi connectivity index (χ0n) is 12.1. The second-order valence-corrected chi connectivity index (χ2v) is 6.41. The SMILES string of the molecule is CN1CCN(CCCc2ccc(C(F)(F)F)cc2Br)CC1. The number of piperazine rings is 1. The molecule has 0 spiro atoms. The number of alkyl halides is 3. The lowest BCUT2D eigenvalue weighted by Crippen LogP contribution is -2.44. The van der Waals surface area contributed by atoms with Gasteiger partial charge in [-0.15, -0.1) is 0 Å². The predicted octanol–water partition coefficient (Wildman–Crippen LogP) is 3.65. The van der Waals surface area contributed by atoms with E-state index in [1.807, 2.05) is 0 Å². The van der Waals surface area contributed by atoms with Crippen molar-refractivity contribution >= 4 is 15.9 Å². The predicted molar refractivity (Wildman–Crippen MR) is 81.4 cm³/mol. The monoisotopic (exact) mass is 364 g/mol. The van der Waals surface area contributed by atoms with Crippen LogP contribution in [0.15, 0.2) is 22.7 Å². The molecule has 0 N–H and O–H groups in total. The van der Waals surface area contributed by atoms with Crippen LogP contribution < -0.4 is 0 Å². The molecule has 0 atom stereocenters. The molecule has 0 radical (unpaired) electrons. The third kappa shape index (κ3) is 4.97. The van der Waals surface area contributed by atoms with E-state index >= 15 is 0 Å². The number of rotatable bonds is 4. The Morgan fingerprint density at radius 1 is 1.14 bits per heavy atom. The van der Waals surface area contributed by atoms with Gasteiger partial charge in [0.1, 0.15) is 0 Å². The van der Waals surface area contributed by atoms with E-state index in [-0.39, 0.29) is 0 Å². The maximum absolute atomic E-state index is 12.6. The summed E-state index contributed by atoms with van der Waals surface area (Å²) in [6, 6.07) is 3.91. The topological polar surface area (TPSA) is 6.48 Å². The van der Waals surface area contributed by atoms with Gasteiger partial charge in [-0.3, -0.25) is 0 Å². The van der Waals surface area contributed by atoms with Crippen molar-refractivity contribution in [3.05, 3.63) is 33.8 Å². The summed E-state index contributed by atoms with van der Waals surface area (Å²) in [5, 5.41) is 0. The lowest BCUT2D eigenvalue weighted by Gasteiger charge is -2.32. The van der Waals surface area contributed by atoms with E-state index in [0.717, 1.165) is 57.2 Å². The van der Waals surface area contributed by atoms with Crippen molar-refractivity contribution in [1.82, 2.24) is 9.80 Å². The number of benzene rings is 1. The zero-order valence-corrected chi connectivity index (χ0v) is 13.7. The van der Waals surface area contributed by atoms with Gasteiger partial charge in [0.15, 0.2) is 0 Å². The minimum Gasteiger partial charge on any atom is -0.304 e. The Kier molecular flexibility index (Phi) is 5.68. The quantitative estimate of drug-likeness (QED) is 0.804. The standard InChI is InChI=1S/C15H20BrF3N2/c1-20-7-9-21(10-8-20)6-2-3-12-4-5-13(11-14(12)16)15(17,18)19/h4-5,11H,2-3,6-10H2,1H3. The van der Waals surface area contributed by atoms with Gasteiger partial charge in [0.05, 0.1) is 5.56 Å². The van der Waals surface area contributed by atoms with Crippen LogP contribution in [0.2, 0.25) is 0 Å². The van der Waals surface area contributed by atoms with Gasteiger partial charge in [-0.05, 0) is 44.1 Å². The first-order valence-electron chi connectivity index (χ1n) is 7.13. The second kappa shape index (κ2) is 7.11. The Labute approximate surface area is 132 Å². The van der Waals surface area contributed by atoms with Crippen LogP contribution in [0.1, 0.15) is 17.5 Å². The third-order valence-electron chi connectivity index (χ3n) is 3.90. The Morgan fingerprint density at radius 3 is 2.38 bits per heavy atom.